The molecule has 1 aromatic carbocycles. The lowest BCUT2D eigenvalue weighted by atomic mass is 9.77. The first-order chi connectivity index (χ1) is 13.3. The second-order valence-corrected chi connectivity index (χ2v) is 9.73. The van der Waals surface area contributed by atoms with Crippen molar-refractivity contribution in [3.8, 4) is 0 Å². The predicted molar refractivity (Wildman–Crippen MR) is 113 cm³/mol. The van der Waals surface area contributed by atoms with Gasteiger partial charge in [0.05, 0.1) is 11.2 Å². The average Bonchev–Trinajstić information content (AvgIpc) is 2.81. The van der Waals surface area contributed by atoms with Gasteiger partial charge in [0.15, 0.2) is 0 Å². The van der Waals surface area contributed by atoms with Gasteiger partial charge in [-0.1, -0.05) is 18.2 Å². The minimum atomic E-state index is -0.748. The molecule has 0 saturated carbocycles. The van der Waals surface area contributed by atoms with Gasteiger partial charge in [-0.15, -0.1) is 0 Å². The van der Waals surface area contributed by atoms with Crippen molar-refractivity contribution in [2.24, 2.45) is 0 Å². The Morgan fingerprint density at radius 3 is 2.31 bits per heavy atom. The van der Waals surface area contributed by atoms with Crippen LogP contribution in [0, 0.1) is 5.82 Å². The summed E-state index contributed by atoms with van der Waals surface area (Å²) < 4.78 is 32.0. The third-order valence-corrected chi connectivity index (χ3v) is 5.73. The Balaban J connectivity index is 1.77. The normalized spacial score (nSPS) is 21.2. The Hall–Kier alpha value is -1.86. The lowest BCUT2D eigenvalue weighted by Crippen LogP contribution is -2.41. The molecule has 0 aromatic heterocycles. The molecule has 5 nitrogen and oxygen atoms in total. The highest BCUT2D eigenvalue weighted by atomic mass is 19.1. The molecule has 3 rings (SSSR count). The molecule has 1 aromatic rings. The Morgan fingerprint density at radius 2 is 1.79 bits per heavy atom. The number of hydrogen-bond donors (Lipinski definition) is 0. The van der Waals surface area contributed by atoms with E-state index in [0.717, 1.165) is 11.1 Å². The molecule has 2 heterocycles. The highest BCUT2D eigenvalue weighted by Gasteiger charge is 2.52. The molecule has 2 aliphatic heterocycles. The van der Waals surface area contributed by atoms with E-state index in [0.29, 0.717) is 25.0 Å². The monoisotopic (exact) mass is 403 g/mol. The maximum Gasteiger partial charge on any atom is 0.497 e. The van der Waals surface area contributed by atoms with Crippen LogP contribution >= 0.6 is 0 Å². The number of nitrogens with zero attached hydrogens (tertiary/aromatic N) is 1. The molecular formula is C22H31BFNO4. The van der Waals surface area contributed by atoms with E-state index in [-0.39, 0.29) is 11.9 Å². The van der Waals surface area contributed by atoms with Crippen LogP contribution < -0.4 is 5.46 Å². The van der Waals surface area contributed by atoms with E-state index in [1.807, 2.05) is 54.5 Å². The fraction of sp³-hybridized carbons (Fsp3) is 0.591. The van der Waals surface area contributed by atoms with Gasteiger partial charge in [0.2, 0.25) is 0 Å². The lowest BCUT2D eigenvalue weighted by molar-refractivity contribution is 0.00578. The summed E-state index contributed by atoms with van der Waals surface area (Å²) in [5.74, 6) is -0.348. The standard InChI is InChI=1S/C22H31BFNO4/c1-20(2,3)27-19(26)25-12-10-15(11-13-25)16-8-9-18(24)17(14-16)23-28-21(4,5)22(6,7)29-23/h8-10,14H,11-13H2,1-7H3. The molecule has 0 N–H and O–H groups in total. The molecule has 0 unspecified atom stereocenters. The van der Waals surface area contributed by atoms with Crippen LogP contribution in [0.1, 0.15) is 60.5 Å². The summed E-state index contributed by atoms with van der Waals surface area (Å²) in [6, 6.07) is 5.02. The molecular weight excluding hydrogens is 372 g/mol. The molecule has 7 heteroatoms. The van der Waals surface area contributed by atoms with E-state index in [9.17, 15) is 9.18 Å². The summed E-state index contributed by atoms with van der Waals surface area (Å²) in [5, 5.41) is 0. The number of amides is 1. The minimum Gasteiger partial charge on any atom is -0.444 e. The first kappa shape index (κ1) is 21.8. The summed E-state index contributed by atoms with van der Waals surface area (Å²) in [6.07, 6.45) is 2.35. The molecule has 0 spiro atoms. The number of benzene rings is 1. The average molecular weight is 403 g/mol. The van der Waals surface area contributed by atoms with Crippen molar-refractivity contribution in [3.05, 3.63) is 35.7 Å². The fourth-order valence-electron chi connectivity index (χ4n) is 3.32. The van der Waals surface area contributed by atoms with E-state index >= 15 is 0 Å². The minimum absolute atomic E-state index is 0.315. The zero-order valence-corrected chi connectivity index (χ0v) is 18.5. The third-order valence-electron chi connectivity index (χ3n) is 5.73. The lowest BCUT2D eigenvalue weighted by Gasteiger charge is -2.32. The molecule has 1 amide bonds. The molecule has 1 fully saturated rings. The molecule has 29 heavy (non-hydrogen) atoms. The topological polar surface area (TPSA) is 48.0 Å². The number of ether oxygens (including phenoxy) is 1. The van der Waals surface area contributed by atoms with Crippen LogP contribution in [-0.2, 0) is 14.0 Å². The molecule has 0 aliphatic carbocycles. The second kappa shape index (κ2) is 7.44. The molecule has 0 bridgehead atoms. The summed E-state index contributed by atoms with van der Waals surface area (Å²) >= 11 is 0. The smallest absolute Gasteiger partial charge is 0.444 e. The van der Waals surface area contributed by atoms with Crippen LogP contribution in [0.25, 0.3) is 5.57 Å². The summed E-state index contributed by atoms with van der Waals surface area (Å²) in [4.78, 5) is 13.9. The first-order valence-corrected chi connectivity index (χ1v) is 10.1. The van der Waals surface area contributed by atoms with Gasteiger partial charge < -0.3 is 18.9 Å². The Morgan fingerprint density at radius 1 is 1.17 bits per heavy atom. The first-order valence-electron chi connectivity index (χ1n) is 10.1. The Labute approximate surface area is 173 Å². The van der Waals surface area contributed by atoms with Crippen LogP contribution in [0.3, 0.4) is 0 Å². The number of rotatable bonds is 2. The fourth-order valence-corrected chi connectivity index (χ4v) is 3.32. The number of hydrogen-bond acceptors (Lipinski definition) is 4. The summed E-state index contributed by atoms with van der Waals surface area (Å²) in [5.41, 5.74) is 0.811. The number of carbonyl (C=O) groups is 1. The van der Waals surface area contributed by atoms with E-state index in [4.69, 9.17) is 14.0 Å². The van der Waals surface area contributed by atoms with Crippen molar-refractivity contribution in [2.75, 3.05) is 13.1 Å². The van der Waals surface area contributed by atoms with E-state index in [1.54, 1.807) is 17.0 Å². The van der Waals surface area contributed by atoms with Gasteiger partial charge in [0.25, 0.3) is 0 Å². The zero-order valence-electron chi connectivity index (χ0n) is 18.5. The summed E-state index contributed by atoms with van der Waals surface area (Å²) in [6.45, 7) is 14.4. The number of halogens is 1. The number of carbonyl (C=O) groups excluding carboxylic acids is 1. The van der Waals surface area contributed by atoms with Crippen molar-refractivity contribution in [1.29, 1.82) is 0 Å². The molecule has 0 radical (unpaired) electrons. The van der Waals surface area contributed by atoms with E-state index in [1.165, 1.54) is 6.07 Å². The molecule has 158 valence electrons. The SMILES string of the molecule is CC(C)(C)OC(=O)N1CC=C(c2ccc(F)c(B3OC(C)(C)C(C)(C)O3)c2)CC1. The highest BCUT2D eigenvalue weighted by molar-refractivity contribution is 6.62. The maximum atomic E-state index is 14.6. The second-order valence-electron chi connectivity index (χ2n) is 9.73. The maximum absolute atomic E-state index is 14.6. The van der Waals surface area contributed by atoms with E-state index in [2.05, 4.69) is 0 Å². The third kappa shape index (κ3) is 4.67. The highest BCUT2D eigenvalue weighted by Crippen LogP contribution is 2.37. The predicted octanol–water partition coefficient (Wildman–Crippen LogP) is 4.15. The Bertz CT molecular complexity index is 813. The van der Waals surface area contributed by atoms with Crippen LogP contribution in [0.2, 0.25) is 0 Å². The molecule has 1 saturated heterocycles. The van der Waals surface area contributed by atoms with Gasteiger partial charge in [-0.25, -0.2) is 9.18 Å². The van der Waals surface area contributed by atoms with Crippen LogP contribution in [0.5, 0.6) is 0 Å². The van der Waals surface area contributed by atoms with Crippen LogP contribution in [0.4, 0.5) is 9.18 Å². The Kier molecular flexibility index (Phi) is 5.60. The molecule has 2 aliphatic rings. The van der Waals surface area contributed by atoms with Gasteiger partial charge >= 0.3 is 13.2 Å². The largest absolute Gasteiger partial charge is 0.497 e. The van der Waals surface area contributed by atoms with Crippen molar-refractivity contribution in [3.63, 3.8) is 0 Å². The van der Waals surface area contributed by atoms with Gasteiger partial charge in [0, 0.05) is 18.6 Å². The van der Waals surface area contributed by atoms with Crippen molar-refractivity contribution in [2.45, 2.75) is 71.7 Å². The van der Waals surface area contributed by atoms with Gasteiger partial charge in [-0.3, -0.25) is 0 Å². The quantitative estimate of drug-likeness (QED) is 0.697. The van der Waals surface area contributed by atoms with Crippen molar-refractivity contribution < 1.29 is 23.2 Å². The van der Waals surface area contributed by atoms with Crippen molar-refractivity contribution >= 4 is 24.2 Å². The van der Waals surface area contributed by atoms with E-state index < -0.39 is 23.9 Å². The van der Waals surface area contributed by atoms with Gasteiger partial charge in [-0.05, 0) is 72.1 Å². The van der Waals surface area contributed by atoms with Crippen LogP contribution in [-0.4, -0.2) is 48.0 Å². The van der Waals surface area contributed by atoms with Gasteiger partial charge in [0.1, 0.15) is 11.4 Å². The van der Waals surface area contributed by atoms with Crippen LogP contribution in [0.15, 0.2) is 24.3 Å². The summed E-state index contributed by atoms with van der Waals surface area (Å²) in [7, 11) is -0.748. The van der Waals surface area contributed by atoms with Crippen molar-refractivity contribution in [1.82, 2.24) is 4.90 Å². The molecule has 0 atom stereocenters. The zero-order chi connectivity index (χ0) is 21.6. The van der Waals surface area contributed by atoms with Gasteiger partial charge in [-0.2, -0.15) is 0 Å².